The van der Waals surface area contributed by atoms with E-state index in [1.807, 2.05) is 0 Å². The molecule has 1 unspecified atom stereocenters. The summed E-state index contributed by atoms with van der Waals surface area (Å²) in [6.45, 7) is 3.26. The van der Waals surface area contributed by atoms with Crippen LogP contribution in [0.3, 0.4) is 0 Å². The highest BCUT2D eigenvalue weighted by Gasteiger charge is 2.35. The normalized spacial score (nSPS) is 29.2. The molecule has 19 heavy (non-hydrogen) atoms. The average Bonchev–Trinajstić information content (AvgIpc) is 2.40. The van der Waals surface area contributed by atoms with E-state index in [9.17, 15) is 4.79 Å². The lowest BCUT2D eigenvalue weighted by Gasteiger charge is -2.45. The Labute approximate surface area is 117 Å². The number of piperidine rings is 3. The van der Waals surface area contributed by atoms with E-state index in [1.54, 1.807) is 18.2 Å². The van der Waals surface area contributed by atoms with Crippen molar-refractivity contribution in [3.05, 3.63) is 28.8 Å². The molecule has 3 aliphatic heterocycles. The van der Waals surface area contributed by atoms with Crippen LogP contribution in [0.5, 0.6) is 0 Å². The maximum absolute atomic E-state index is 12.3. The number of benzene rings is 1. The highest BCUT2D eigenvalue weighted by Crippen LogP contribution is 2.28. The van der Waals surface area contributed by atoms with E-state index in [-0.39, 0.29) is 11.9 Å². The molecule has 0 spiro atoms. The minimum atomic E-state index is -0.151. The minimum Gasteiger partial charge on any atom is -0.398 e. The summed E-state index contributed by atoms with van der Waals surface area (Å²) in [6.07, 6.45) is 2.34. The fourth-order valence-corrected chi connectivity index (χ4v) is 3.42. The number of hydrogen-bond donors (Lipinski definition) is 2. The highest BCUT2D eigenvalue weighted by molar-refractivity contribution is 6.34. The van der Waals surface area contributed by atoms with Crippen LogP contribution >= 0.6 is 11.6 Å². The lowest BCUT2D eigenvalue weighted by Crippen LogP contribution is -2.57. The molecule has 4 rings (SSSR count). The minimum absolute atomic E-state index is 0.151. The molecule has 3 heterocycles. The van der Waals surface area contributed by atoms with Gasteiger partial charge in [-0.15, -0.1) is 0 Å². The number of rotatable bonds is 2. The summed E-state index contributed by atoms with van der Waals surface area (Å²) in [6, 6.07) is 5.38. The third kappa shape index (κ3) is 2.42. The summed E-state index contributed by atoms with van der Waals surface area (Å²) >= 11 is 6.07. The van der Waals surface area contributed by atoms with E-state index >= 15 is 0 Å². The number of nitrogens with one attached hydrogen (secondary N) is 1. The van der Waals surface area contributed by atoms with Gasteiger partial charge < -0.3 is 16.0 Å². The first-order valence-electron chi connectivity index (χ1n) is 6.72. The van der Waals surface area contributed by atoms with Crippen molar-refractivity contribution in [2.45, 2.75) is 18.9 Å². The Bertz CT molecular complexity index is 477. The molecule has 3 N–H and O–H groups in total. The van der Waals surface area contributed by atoms with Gasteiger partial charge in [0.1, 0.15) is 0 Å². The number of nitrogen functional groups attached to an aromatic ring is 1. The second kappa shape index (κ2) is 5.02. The molecule has 0 saturated carbocycles. The number of amides is 1. The molecule has 2 bridgehead atoms. The lowest BCUT2D eigenvalue weighted by molar-refractivity contribution is 0.0621. The number of carbonyl (C=O) groups is 1. The molecule has 4 nitrogen and oxygen atoms in total. The quantitative estimate of drug-likeness (QED) is 0.811. The number of nitrogens with zero attached hydrogens (tertiary/aromatic N) is 1. The third-order valence-electron chi connectivity index (χ3n) is 4.25. The lowest BCUT2D eigenvalue weighted by atomic mass is 9.84. The van der Waals surface area contributed by atoms with Gasteiger partial charge >= 0.3 is 0 Å². The van der Waals surface area contributed by atoms with Gasteiger partial charge in [0, 0.05) is 18.3 Å². The number of carbonyl (C=O) groups excluding carboxylic acids is 1. The van der Waals surface area contributed by atoms with E-state index in [4.69, 9.17) is 17.3 Å². The first kappa shape index (κ1) is 12.8. The first-order chi connectivity index (χ1) is 9.15. The topological polar surface area (TPSA) is 58.4 Å². The molecule has 1 aromatic rings. The van der Waals surface area contributed by atoms with Crippen molar-refractivity contribution in [2.24, 2.45) is 5.92 Å². The molecule has 0 aliphatic carbocycles. The van der Waals surface area contributed by atoms with Crippen molar-refractivity contribution in [3.63, 3.8) is 0 Å². The maximum Gasteiger partial charge on any atom is 0.255 e. The van der Waals surface area contributed by atoms with E-state index < -0.39 is 0 Å². The van der Waals surface area contributed by atoms with Gasteiger partial charge in [-0.3, -0.25) is 4.79 Å². The molecule has 1 amide bonds. The molecule has 3 saturated heterocycles. The average molecular weight is 280 g/mol. The summed E-state index contributed by atoms with van der Waals surface area (Å²) in [7, 11) is 0. The molecule has 3 fully saturated rings. The predicted octanol–water partition coefficient (Wildman–Crippen LogP) is 1.75. The number of anilines is 1. The number of nitrogens with two attached hydrogens (primary N) is 1. The number of hydrogen-bond acceptors (Lipinski definition) is 3. The van der Waals surface area contributed by atoms with Crippen molar-refractivity contribution in [3.8, 4) is 0 Å². The molecule has 3 aliphatic rings. The molecular formula is C14H18ClN3O. The van der Waals surface area contributed by atoms with Gasteiger partial charge in [-0.25, -0.2) is 0 Å². The van der Waals surface area contributed by atoms with Crippen molar-refractivity contribution in [1.29, 1.82) is 0 Å². The van der Waals surface area contributed by atoms with E-state index in [0.29, 0.717) is 22.2 Å². The van der Waals surface area contributed by atoms with Gasteiger partial charge in [0.15, 0.2) is 0 Å². The molecule has 5 heteroatoms. The summed E-state index contributed by atoms with van der Waals surface area (Å²) in [5.41, 5.74) is 6.69. The molecule has 1 aromatic carbocycles. The monoisotopic (exact) mass is 279 g/mol. The number of fused-ring (bicyclic) bond motifs is 3. The van der Waals surface area contributed by atoms with Crippen LogP contribution in [0.1, 0.15) is 23.2 Å². The molecular weight excluding hydrogens is 262 g/mol. The Kier molecular flexibility index (Phi) is 3.37. The van der Waals surface area contributed by atoms with Crippen LogP contribution in [-0.4, -0.2) is 36.5 Å². The smallest absolute Gasteiger partial charge is 0.255 e. The zero-order valence-corrected chi connectivity index (χ0v) is 11.5. The maximum atomic E-state index is 12.3. The molecule has 102 valence electrons. The second-order valence-electron chi connectivity index (χ2n) is 5.42. The summed E-state index contributed by atoms with van der Waals surface area (Å²) in [5.74, 6) is 0.444. The van der Waals surface area contributed by atoms with Gasteiger partial charge in [0.05, 0.1) is 10.6 Å². The summed E-state index contributed by atoms with van der Waals surface area (Å²) in [5, 5.41) is 3.52. The van der Waals surface area contributed by atoms with Crippen molar-refractivity contribution >= 4 is 23.2 Å². The summed E-state index contributed by atoms with van der Waals surface area (Å²) < 4.78 is 0. The van der Waals surface area contributed by atoms with E-state index in [1.165, 1.54) is 12.8 Å². The SMILES string of the molecule is Nc1cccc(Cl)c1C(=O)NC1CN2CCC1CC2. The van der Waals surface area contributed by atoms with Crippen LogP contribution in [-0.2, 0) is 0 Å². The van der Waals surface area contributed by atoms with Gasteiger partial charge in [-0.05, 0) is 44.0 Å². The zero-order chi connectivity index (χ0) is 13.4. The largest absolute Gasteiger partial charge is 0.398 e. The fraction of sp³-hybridized carbons (Fsp3) is 0.500. The first-order valence-corrected chi connectivity index (χ1v) is 7.10. The van der Waals surface area contributed by atoms with Gasteiger partial charge in [-0.2, -0.15) is 0 Å². The van der Waals surface area contributed by atoms with E-state index in [0.717, 1.165) is 19.6 Å². The standard InChI is InChI=1S/C14H18ClN3O/c15-10-2-1-3-11(16)13(10)14(19)17-12-8-18-6-4-9(12)5-7-18/h1-3,9,12H,4-8,16H2,(H,17,19). The zero-order valence-electron chi connectivity index (χ0n) is 10.7. The van der Waals surface area contributed by atoms with Crippen LogP contribution in [0.2, 0.25) is 5.02 Å². The highest BCUT2D eigenvalue weighted by atomic mass is 35.5. The Morgan fingerprint density at radius 3 is 2.68 bits per heavy atom. The van der Waals surface area contributed by atoms with Crippen LogP contribution in [0.25, 0.3) is 0 Å². The van der Waals surface area contributed by atoms with Gasteiger partial charge in [-0.1, -0.05) is 17.7 Å². The molecule has 1 atom stereocenters. The Hall–Kier alpha value is -1.26. The third-order valence-corrected chi connectivity index (χ3v) is 4.56. The second-order valence-corrected chi connectivity index (χ2v) is 5.83. The number of halogens is 1. The van der Waals surface area contributed by atoms with Gasteiger partial charge in [0.2, 0.25) is 0 Å². The molecule has 0 radical (unpaired) electrons. The van der Waals surface area contributed by atoms with E-state index in [2.05, 4.69) is 10.2 Å². The fourth-order valence-electron chi connectivity index (χ4n) is 3.15. The van der Waals surface area contributed by atoms with Crippen LogP contribution in [0.15, 0.2) is 18.2 Å². The predicted molar refractivity (Wildman–Crippen MR) is 76.3 cm³/mol. The summed E-state index contributed by atoms with van der Waals surface area (Å²) in [4.78, 5) is 14.7. The Morgan fingerprint density at radius 1 is 1.37 bits per heavy atom. The van der Waals surface area contributed by atoms with Crippen LogP contribution < -0.4 is 11.1 Å². The van der Waals surface area contributed by atoms with Crippen molar-refractivity contribution in [1.82, 2.24) is 10.2 Å². The Balaban J connectivity index is 1.75. The Morgan fingerprint density at radius 2 is 2.11 bits per heavy atom. The molecule has 0 aromatic heterocycles. The van der Waals surface area contributed by atoms with Crippen LogP contribution in [0, 0.1) is 5.92 Å². The van der Waals surface area contributed by atoms with Crippen molar-refractivity contribution in [2.75, 3.05) is 25.4 Å². The van der Waals surface area contributed by atoms with Gasteiger partial charge in [0.25, 0.3) is 5.91 Å². The van der Waals surface area contributed by atoms with Crippen LogP contribution in [0.4, 0.5) is 5.69 Å². The van der Waals surface area contributed by atoms with Crippen molar-refractivity contribution < 1.29 is 4.79 Å².